The minimum absolute atomic E-state index is 0.0122. The van der Waals surface area contributed by atoms with Crippen LogP contribution in [0, 0.1) is 0 Å². The van der Waals surface area contributed by atoms with Crippen molar-refractivity contribution >= 4 is 23.4 Å². The van der Waals surface area contributed by atoms with Crippen LogP contribution in [0.15, 0.2) is 84.9 Å². The van der Waals surface area contributed by atoms with Gasteiger partial charge in [0.15, 0.2) is 5.78 Å². The first-order chi connectivity index (χ1) is 17.8. The molecule has 0 bridgehead atoms. The predicted molar refractivity (Wildman–Crippen MR) is 138 cm³/mol. The Bertz CT molecular complexity index is 1130. The molecular weight excluding hydrogens is 476 g/mol. The minimum Gasteiger partial charge on any atom is -0.491 e. The number of anilines is 1. The fraction of sp³-hybridized carbons (Fsp3) is 0.250. The summed E-state index contributed by atoms with van der Waals surface area (Å²) in [6.45, 7) is 4.56. The normalized spacial score (nSPS) is 14.1. The molecule has 9 heteroatoms. The van der Waals surface area contributed by atoms with Crippen molar-refractivity contribution in [2.75, 3.05) is 44.2 Å². The molecule has 0 amide bonds. The van der Waals surface area contributed by atoms with Gasteiger partial charge in [-0.3, -0.25) is 9.69 Å². The van der Waals surface area contributed by atoms with Gasteiger partial charge in [-0.1, -0.05) is 48.5 Å². The van der Waals surface area contributed by atoms with Crippen LogP contribution in [-0.4, -0.2) is 83.4 Å². The molecule has 3 aromatic rings. The van der Waals surface area contributed by atoms with E-state index >= 15 is 0 Å². The van der Waals surface area contributed by atoms with E-state index in [0.717, 1.165) is 26.2 Å². The summed E-state index contributed by atoms with van der Waals surface area (Å²) in [4.78, 5) is 35.3. The van der Waals surface area contributed by atoms with Crippen LogP contribution >= 0.6 is 0 Å². The van der Waals surface area contributed by atoms with E-state index in [9.17, 15) is 9.90 Å². The minimum atomic E-state index is -1.82. The largest absolute Gasteiger partial charge is 0.491 e. The van der Waals surface area contributed by atoms with Crippen molar-refractivity contribution in [3.63, 3.8) is 0 Å². The number of β-amino-alcohol motifs (C(OH)–C–C–N with tert-alkyl or cyclic N) is 1. The molecule has 1 saturated heterocycles. The fourth-order valence-corrected chi connectivity index (χ4v) is 3.83. The molecule has 1 fully saturated rings. The number of carbonyl (C=O) groups excluding carboxylic acids is 1. The highest BCUT2D eigenvalue weighted by Gasteiger charge is 2.19. The number of aliphatic hydroxyl groups is 1. The van der Waals surface area contributed by atoms with Crippen molar-refractivity contribution in [2.45, 2.75) is 6.10 Å². The van der Waals surface area contributed by atoms with Gasteiger partial charge in [0.05, 0.1) is 0 Å². The Morgan fingerprint density at radius 3 is 1.78 bits per heavy atom. The molecule has 1 aliphatic heterocycles. The van der Waals surface area contributed by atoms with E-state index < -0.39 is 18.0 Å². The number of para-hydroxylation sites is 1. The number of hydrogen-bond donors (Lipinski definition) is 3. The lowest BCUT2D eigenvalue weighted by Crippen LogP contribution is -2.49. The van der Waals surface area contributed by atoms with Crippen molar-refractivity contribution < 1.29 is 34.4 Å². The molecule has 0 aliphatic carbocycles. The second-order valence-corrected chi connectivity index (χ2v) is 8.42. The van der Waals surface area contributed by atoms with Crippen LogP contribution in [-0.2, 0) is 9.59 Å². The third kappa shape index (κ3) is 8.75. The van der Waals surface area contributed by atoms with Gasteiger partial charge in [-0.25, -0.2) is 9.59 Å². The summed E-state index contributed by atoms with van der Waals surface area (Å²) >= 11 is 0. The van der Waals surface area contributed by atoms with E-state index in [1.807, 2.05) is 36.4 Å². The van der Waals surface area contributed by atoms with Gasteiger partial charge in [0, 0.05) is 49.5 Å². The van der Waals surface area contributed by atoms with Crippen LogP contribution in [0.2, 0.25) is 0 Å². The third-order valence-electron chi connectivity index (χ3n) is 5.74. The lowest BCUT2D eigenvalue weighted by atomic mass is 10.0. The van der Waals surface area contributed by atoms with Crippen molar-refractivity contribution in [3.8, 4) is 5.75 Å². The highest BCUT2D eigenvalue weighted by molar-refractivity contribution is 6.27. The number of carbonyl (C=O) groups is 3. The number of piperazine rings is 1. The zero-order chi connectivity index (χ0) is 26.6. The molecule has 3 N–H and O–H groups in total. The average Bonchev–Trinajstić information content (AvgIpc) is 2.93. The molecule has 0 aromatic heterocycles. The summed E-state index contributed by atoms with van der Waals surface area (Å²) in [5, 5.41) is 25.2. The maximum absolute atomic E-state index is 12.5. The van der Waals surface area contributed by atoms with E-state index in [2.05, 4.69) is 34.1 Å². The maximum atomic E-state index is 12.5. The first-order valence-electron chi connectivity index (χ1n) is 11.8. The first-order valence-corrected chi connectivity index (χ1v) is 11.8. The molecule has 1 aliphatic rings. The Labute approximate surface area is 215 Å². The number of hydrogen-bond acceptors (Lipinski definition) is 7. The molecular formula is C28H30N2O7. The van der Waals surface area contributed by atoms with Gasteiger partial charge in [-0.15, -0.1) is 0 Å². The molecule has 0 radical (unpaired) electrons. The molecule has 194 valence electrons. The average molecular weight is 507 g/mol. The van der Waals surface area contributed by atoms with Crippen molar-refractivity contribution in [1.82, 2.24) is 4.90 Å². The molecule has 0 spiro atoms. The Hall–Kier alpha value is -4.21. The Kier molecular flexibility index (Phi) is 10.2. The van der Waals surface area contributed by atoms with Crippen LogP contribution in [0.1, 0.15) is 15.9 Å². The van der Waals surface area contributed by atoms with Gasteiger partial charge in [0.25, 0.3) is 0 Å². The number of ketones is 1. The number of aliphatic hydroxyl groups excluding tert-OH is 1. The molecule has 1 unspecified atom stereocenters. The number of rotatable bonds is 8. The second kappa shape index (κ2) is 13.8. The smallest absolute Gasteiger partial charge is 0.414 e. The Morgan fingerprint density at radius 2 is 1.24 bits per heavy atom. The van der Waals surface area contributed by atoms with E-state index in [-0.39, 0.29) is 12.4 Å². The molecule has 9 nitrogen and oxygen atoms in total. The Balaban J connectivity index is 0.000000568. The topological polar surface area (TPSA) is 128 Å². The second-order valence-electron chi connectivity index (χ2n) is 8.42. The highest BCUT2D eigenvalue weighted by Crippen LogP contribution is 2.17. The predicted octanol–water partition coefficient (Wildman–Crippen LogP) is 2.64. The zero-order valence-corrected chi connectivity index (χ0v) is 20.3. The summed E-state index contributed by atoms with van der Waals surface area (Å²) in [6, 6.07) is 26.7. The summed E-state index contributed by atoms with van der Waals surface area (Å²) in [5.74, 6) is -3.01. The first kappa shape index (κ1) is 27.4. The van der Waals surface area contributed by atoms with Crippen LogP contribution in [0.25, 0.3) is 0 Å². The standard InChI is InChI=1S/C26H28N2O3.C2H2O4/c29-24(19-27-15-17-28(18-16-27)23-9-5-2-6-10-23)20-31-25-13-11-22(12-14-25)26(30)21-7-3-1-4-8-21;3-1(4)2(5)6/h1-14,24,29H,15-20H2;(H,3,4)(H,5,6). The number of nitrogens with zero attached hydrogens (tertiary/aromatic N) is 2. The van der Waals surface area contributed by atoms with E-state index in [1.54, 1.807) is 24.3 Å². The lowest BCUT2D eigenvalue weighted by Gasteiger charge is -2.36. The van der Waals surface area contributed by atoms with E-state index in [0.29, 0.717) is 23.4 Å². The molecule has 1 atom stereocenters. The molecule has 4 rings (SSSR count). The van der Waals surface area contributed by atoms with Crippen molar-refractivity contribution in [3.05, 3.63) is 96.1 Å². The van der Waals surface area contributed by atoms with Crippen molar-refractivity contribution in [1.29, 1.82) is 0 Å². The zero-order valence-electron chi connectivity index (χ0n) is 20.3. The number of benzene rings is 3. The molecule has 1 heterocycles. The molecule has 3 aromatic carbocycles. The van der Waals surface area contributed by atoms with Crippen LogP contribution in [0.3, 0.4) is 0 Å². The number of carboxylic acid groups (broad SMARTS) is 2. The third-order valence-corrected chi connectivity index (χ3v) is 5.74. The molecule has 0 saturated carbocycles. The van der Waals surface area contributed by atoms with Gasteiger partial charge < -0.3 is 25.0 Å². The fourth-order valence-electron chi connectivity index (χ4n) is 3.83. The van der Waals surface area contributed by atoms with Gasteiger partial charge in [0.1, 0.15) is 18.5 Å². The lowest BCUT2D eigenvalue weighted by molar-refractivity contribution is -0.159. The van der Waals surface area contributed by atoms with Crippen LogP contribution in [0.4, 0.5) is 5.69 Å². The molecule has 37 heavy (non-hydrogen) atoms. The van der Waals surface area contributed by atoms with E-state index in [4.69, 9.17) is 24.5 Å². The van der Waals surface area contributed by atoms with Gasteiger partial charge >= 0.3 is 11.9 Å². The quantitative estimate of drug-likeness (QED) is 0.312. The Morgan fingerprint density at radius 1 is 0.730 bits per heavy atom. The highest BCUT2D eigenvalue weighted by atomic mass is 16.5. The number of carboxylic acids is 2. The summed E-state index contributed by atoms with van der Waals surface area (Å²) in [5.41, 5.74) is 2.54. The van der Waals surface area contributed by atoms with Gasteiger partial charge in [-0.2, -0.15) is 0 Å². The summed E-state index contributed by atoms with van der Waals surface area (Å²) in [7, 11) is 0. The number of aliphatic carboxylic acids is 2. The summed E-state index contributed by atoms with van der Waals surface area (Å²) in [6.07, 6.45) is -0.561. The SMILES string of the molecule is O=C(O)C(=O)O.O=C(c1ccccc1)c1ccc(OCC(O)CN2CCN(c3ccccc3)CC2)cc1. The maximum Gasteiger partial charge on any atom is 0.414 e. The van der Waals surface area contributed by atoms with Crippen LogP contribution in [0.5, 0.6) is 5.75 Å². The number of ether oxygens (including phenoxy) is 1. The van der Waals surface area contributed by atoms with Crippen LogP contribution < -0.4 is 9.64 Å². The van der Waals surface area contributed by atoms with E-state index in [1.165, 1.54) is 5.69 Å². The monoisotopic (exact) mass is 506 g/mol. The van der Waals surface area contributed by atoms with Gasteiger partial charge in [0.2, 0.25) is 0 Å². The van der Waals surface area contributed by atoms with Crippen molar-refractivity contribution in [2.24, 2.45) is 0 Å². The van der Waals surface area contributed by atoms with Gasteiger partial charge in [-0.05, 0) is 36.4 Å². The summed E-state index contributed by atoms with van der Waals surface area (Å²) < 4.78 is 5.74.